The number of hydrogen-bond acceptors (Lipinski definition) is 7. The smallest absolute Gasteiger partial charge is 0.258 e. The first-order valence-corrected chi connectivity index (χ1v) is 12.2. The third kappa shape index (κ3) is 4.29. The third-order valence-electron chi connectivity index (χ3n) is 6.71. The quantitative estimate of drug-likeness (QED) is 0.380. The normalized spacial score (nSPS) is 15.6. The van der Waals surface area contributed by atoms with Crippen LogP contribution in [0.3, 0.4) is 0 Å². The van der Waals surface area contributed by atoms with Crippen molar-refractivity contribution in [2.45, 2.75) is 32.4 Å². The summed E-state index contributed by atoms with van der Waals surface area (Å²) >= 11 is 0. The molecule has 1 aliphatic heterocycles. The number of furan rings is 1. The van der Waals surface area contributed by atoms with Crippen molar-refractivity contribution in [2.24, 2.45) is 7.05 Å². The van der Waals surface area contributed by atoms with Crippen LogP contribution in [-0.4, -0.2) is 54.8 Å². The maximum Gasteiger partial charge on any atom is 0.258 e. The number of H-pyrrole nitrogens is 1. The maximum atomic E-state index is 14.2. The highest BCUT2D eigenvalue weighted by molar-refractivity contribution is 6.07. The summed E-state index contributed by atoms with van der Waals surface area (Å²) < 4.78 is 13.1. The minimum absolute atomic E-state index is 0.0898. The Hall–Kier alpha value is -4.31. The Morgan fingerprint density at radius 3 is 2.86 bits per heavy atom. The van der Waals surface area contributed by atoms with E-state index in [0.29, 0.717) is 63.6 Å². The van der Waals surface area contributed by atoms with Crippen molar-refractivity contribution in [1.82, 2.24) is 29.6 Å². The van der Waals surface area contributed by atoms with Crippen LogP contribution in [0.5, 0.6) is 0 Å². The Bertz CT molecular complexity index is 1660. The number of aromatic nitrogens is 5. The fourth-order valence-corrected chi connectivity index (χ4v) is 4.98. The largest absolute Gasteiger partial charge is 0.463 e. The van der Waals surface area contributed by atoms with E-state index in [1.54, 1.807) is 59.3 Å². The molecule has 10 heteroatoms. The fraction of sp³-hybridized carbons (Fsp3) is 0.296. The lowest BCUT2D eigenvalue weighted by atomic mass is 10.1. The number of carbonyl (C=O) groups excluding carboxylic acids is 1. The third-order valence-corrected chi connectivity index (χ3v) is 6.71. The van der Waals surface area contributed by atoms with Gasteiger partial charge in [0.1, 0.15) is 11.5 Å². The van der Waals surface area contributed by atoms with Gasteiger partial charge in [-0.15, -0.1) is 0 Å². The summed E-state index contributed by atoms with van der Waals surface area (Å²) in [6.07, 6.45) is 3.29. The van der Waals surface area contributed by atoms with Gasteiger partial charge in [0.15, 0.2) is 11.4 Å². The molecular weight excluding hydrogens is 472 g/mol. The van der Waals surface area contributed by atoms with Gasteiger partial charge in [0, 0.05) is 20.2 Å². The van der Waals surface area contributed by atoms with E-state index in [-0.39, 0.29) is 24.1 Å². The number of amides is 1. The van der Waals surface area contributed by atoms with Gasteiger partial charge < -0.3 is 19.0 Å². The molecule has 37 heavy (non-hydrogen) atoms. The predicted octanol–water partition coefficient (Wildman–Crippen LogP) is 3.59. The zero-order chi connectivity index (χ0) is 25.5. The van der Waals surface area contributed by atoms with Crippen molar-refractivity contribution in [2.75, 3.05) is 13.2 Å². The standard InChI is InChI=1S/C27H26N6O4/c1-16-24-19(13-21(22-10-6-12-37-22)29-25(24)32(2)31-16)27(35)33(14-17-7-5-11-36-17)15-23-28-20-9-4-3-8-18(20)26(34)30-23/h3-4,6,8-10,12-13,17H,5,7,11,14-15H2,1-2H3,(H,28,30,34)/t17-/m1/s1. The molecule has 10 nitrogen and oxygen atoms in total. The van der Waals surface area contributed by atoms with Gasteiger partial charge in [0.2, 0.25) is 0 Å². The number of fused-ring (bicyclic) bond motifs is 2. The molecule has 0 radical (unpaired) electrons. The van der Waals surface area contributed by atoms with Crippen LogP contribution in [0.15, 0.2) is 57.9 Å². The van der Waals surface area contributed by atoms with E-state index in [1.807, 2.05) is 13.0 Å². The lowest BCUT2D eigenvalue weighted by Crippen LogP contribution is -2.38. The molecule has 6 rings (SSSR count). The summed E-state index contributed by atoms with van der Waals surface area (Å²) in [7, 11) is 1.80. The number of pyridine rings is 1. The minimum atomic E-state index is -0.236. The first kappa shape index (κ1) is 23.1. The number of hydrogen-bond donors (Lipinski definition) is 1. The highest BCUT2D eigenvalue weighted by atomic mass is 16.5. The molecule has 1 amide bonds. The van der Waals surface area contributed by atoms with Crippen molar-refractivity contribution in [3.8, 4) is 11.5 Å². The van der Waals surface area contributed by atoms with Gasteiger partial charge in [-0.2, -0.15) is 5.10 Å². The first-order chi connectivity index (χ1) is 18.0. The first-order valence-electron chi connectivity index (χ1n) is 12.2. The lowest BCUT2D eigenvalue weighted by molar-refractivity contribution is 0.0502. The van der Waals surface area contributed by atoms with Gasteiger partial charge in [0.05, 0.1) is 46.5 Å². The Morgan fingerprint density at radius 2 is 2.08 bits per heavy atom. The Kier molecular flexibility index (Phi) is 5.80. The number of carbonyl (C=O) groups is 1. The monoisotopic (exact) mass is 498 g/mol. The summed E-state index contributed by atoms with van der Waals surface area (Å²) in [5, 5.41) is 5.70. The highest BCUT2D eigenvalue weighted by Gasteiger charge is 2.28. The molecule has 5 heterocycles. The zero-order valence-corrected chi connectivity index (χ0v) is 20.6. The molecule has 5 aromatic rings. The second-order valence-corrected chi connectivity index (χ2v) is 9.29. The topological polar surface area (TPSA) is 119 Å². The Labute approximate surface area is 211 Å². The summed E-state index contributed by atoms with van der Waals surface area (Å²) in [4.78, 5) is 40.9. The van der Waals surface area contributed by atoms with Crippen LogP contribution in [0.1, 0.15) is 34.7 Å². The van der Waals surface area contributed by atoms with E-state index in [4.69, 9.17) is 14.1 Å². The zero-order valence-electron chi connectivity index (χ0n) is 20.6. The molecule has 1 N–H and O–H groups in total. The van der Waals surface area contributed by atoms with Crippen molar-refractivity contribution in [3.63, 3.8) is 0 Å². The van der Waals surface area contributed by atoms with Crippen LogP contribution in [0, 0.1) is 6.92 Å². The molecule has 0 saturated carbocycles. The maximum absolute atomic E-state index is 14.2. The van der Waals surface area contributed by atoms with E-state index >= 15 is 0 Å². The van der Waals surface area contributed by atoms with Crippen molar-refractivity contribution < 1.29 is 13.9 Å². The summed E-state index contributed by atoms with van der Waals surface area (Å²) in [6, 6.07) is 12.5. The SMILES string of the molecule is Cc1nn(C)c2nc(-c3ccco3)cc(C(=O)N(Cc3nc4ccccc4c(=O)[nH]3)C[C@H]3CCCO3)c12. The van der Waals surface area contributed by atoms with E-state index in [0.717, 1.165) is 12.8 Å². The number of para-hydroxylation sites is 1. The van der Waals surface area contributed by atoms with Gasteiger partial charge >= 0.3 is 0 Å². The van der Waals surface area contributed by atoms with E-state index < -0.39 is 0 Å². The fourth-order valence-electron chi connectivity index (χ4n) is 4.98. The minimum Gasteiger partial charge on any atom is -0.463 e. The van der Waals surface area contributed by atoms with E-state index in [1.165, 1.54) is 0 Å². The lowest BCUT2D eigenvalue weighted by Gasteiger charge is -2.25. The summed E-state index contributed by atoms with van der Waals surface area (Å²) in [6.45, 7) is 3.02. The number of nitrogens with zero attached hydrogens (tertiary/aromatic N) is 5. The molecule has 1 fully saturated rings. The Morgan fingerprint density at radius 1 is 1.22 bits per heavy atom. The van der Waals surface area contributed by atoms with Crippen molar-refractivity contribution >= 4 is 27.8 Å². The van der Waals surface area contributed by atoms with Gasteiger partial charge in [-0.1, -0.05) is 12.1 Å². The number of rotatable bonds is 6. The molecular formula is C27H26N6O4. The molecule has 0 spiro atoms. The van der Waals surface area contributed by atoms with Crippen molar-refractivity contribution in [3.05, 3.63) is 76.2 Å². The molecule has 1 atom stereocenters. The van der Waals surface area contributed by atoms with E-state index in [9.17, 15) is 9.59 Å². The molecule has 188 valence electrons. The van der Waals surface area contributed by atoms with Crippen LogP contribution < -0.4 is 5.56 Å². The van der Waals surface area contributed by atoms with Crippen molar-refractivity contribution in [1.29, 1.82) is 0 Å². The van der Waals surface area contributed by atoms with Gasteiger partial charge in [-0.3, -0.25) is 14.3 Å². The summed E-state index contributed by atoms with van der Waals surface area (Å²) in [5.41, 5.74) is 2.64. The number of nitrogens with one attached hydrogen (secondary N) is 1. The number of benzene rings is 1. The second-order valence-electron chi connectivity index (χ2n) is 9.29. The van der Waals surface area contributed by atoms with Gasteiger partial charge in [0.25, 0.3) is 11.5 Å². The number of aromatic amines is 1. The summed E-state index contributed by atoms with van der Waals surface area (Å²) in [5.74, 6) is 0.748. The highest BCUT2D eigenvalue weighted by Crippen LogP contribution is 2.29. The van der Waals surface area contributed by atoms with Crippen LogP contribution in [-0.2, 0) is 18.3 Å². The van der Waals surface area contributed by atoms with Crippen LogP contribution in [0.4, 0.5) is 0 Å². The van der Waals surface area contributed by atoms with Gasteiger partial charge in [-0.05, 0) is 50.1 Å². The van der Waals surface area contributed by atoms with Crippen LogP contribution >= 0.6 is 0 Å². The van der Waals surface area contributed by atoms with E-state index in [2.05, 4.69) is 15.1 Å². The molecule has 0 bridgehead atoms. The number of aryl methyl sites for hydroxylation is 2. The predicted molar refractivity (Wildman–Crippen MR) is 137 cm³/mol. The molecule has 4 aromatic heterocycles. The van der Waals surface area contributed by atoms with Crippen LogP contribution in [0.25, 0.3) is 33.4 Å². The second kappa shape index (κ2) is 9.29. The molecule has 0 aliphatic carbocycles. The average Bonchev–Trinajstić information content (AvgIpc) is 3.66. The molecule has 1 saturated heterocycles. The average molecular weight is 499 g/mol. The molecule has 1 aliphatic rings. The molecule has 0 unspecified atom stereocenters. The van der Waals surface area contributed by atoms with Crippen LogP contribution in [0.2, 0.25) is 0 Å². The van der Waals surface area contributed by atoms with Gasteiger partial charge in [-0.25, -0.2) is 9.97 Å². The molecule has 1 aromatic carbocycles. The number of ether oxygens (including phenoxy) is 1. The Balaban J connectivity index is 1.45.